The van der Waals surface area contributed by atoms with E-state index >= 15 is 0 Å². The molecule has 15 rings (SSSR count). The van der Waals surface area contributed by atoms with Crippen LogP contribution in [0.15, 0.2) is 164 Å². The first kappa shape index (κ1) is 64.1. The van der Waals surface area contributed by atoms with Crippen LogP contribution in [0.4, 0.5) is 22.6 Å². The molecule has 2 amide bonds. The SMILES string of the molecule is CC(C)(C)OC(=O)N1CCN(C[C@H]2CCN(c3nccc(-c4ccc5ccccc5c4)n3)C2)CC1.CN(C[C@H]1CCN(c2nccc(-c3ccc4ccccc4c3)n2)C1)C1CCCCC1.O=C1CCCCN1C[C@H]1CCN(c2nccc(-c3ccc4ccccc4c3)n2)C1. The largest absolute Gasteiger partial charge is 0.444 e. The van der Waals surface area contributed by atoms with E-state index in [-0.39, 0.29) is 6.09 Å². The molecule has 3 atom stereocenters. The van der Waals surface area contributed by atoms with Crippen LogP contribution in [0.5, 0.6) is 0 Å². The second-order valence-electron chi connectivity index (χ2n) is 28.0. The summed E-state index contributed by atoms with van der Waals surface area (Å²) in [6.45, 7) is 18.9. The van der Waals surface area contributed by atoms with Crippen molar-refractivity contribution in [3.05, 3.63) is 164 Å². The molecule has 6 fully saturated rings. The van der Waals surface area contributed by atoms with Gasteiger partial charge in [-0.25, -0.2) is 34.7 Å². The lowest BCUT2D eigenvalue weighted by Gasteiger charge is -2.36. The number of aromatic nitrogens is 6. The molecule has 9 aromatic rings. The minimum absolute atomic E-state index is 0.201. The highest BCUT2D eigenvalue weighted by Crippen LogP contribution is 2.32. The summed E-state index contributed by atoms with van der Waals surface area (Å²) in [5.74, 6) is 4.61. The molecule has 0 N–H and O–H groups in total. The van der Waals surface area contributed by atoms with E-state index in [4.69, 9.17) is 19.7 Å². The third kappa shape index (κ3) is 16.3. The summed E-state index contributed by atoms with van der Waals surface area (Å²) in [6, 6.07) is 51.6. The van der Waals surface area contributed by atoms with Crippen LogP contribution < -0.4 is 14.7 Å². The zero-order valence-corrected chi connectivity index (χ0v) is 55.6. The van der Waals surface area contributed by atoms with Crippen LogP contribution in [0.3, 0.4) is 0 Å². The Morgan fingerprint density at radius 1 is 0.479 bits per heavy atom. The number of piperidine rings is 1. The predicted octanol–water partition coefficient (Wildman–Crippen LogP) is 14.2. The molecule has 0 bridgehead atoms. The Bertz CT molecular complexity index is 4030. The van der Waals surface area contributed by atoms with Gasteiger partial charge in [-0.1, -0.05) is 128 Å². The van der Waals surface area contributed by atoms with E-state index in [0.717, 1.165) is 168 Å². The van der Waals surface area contributed by atoms with Gasteiger partial charge >= 0.3 is 6.09 Å². The van der Waals surface area contributed by atoms with E-state index in [1.54, 1.807) is 0 Å². The van der Waals surface area contributed by atoms with Gasteiger partial charge in [0, 0.05) is 139 Å². The summed E-state index contributed by atoms with van der Waals surface area (Å²) in [5, 5.41) is 7.43. The molecule has 5 saturated heterocycles. The highest BCUT2D eigenvalue weighted by molar-refractivity contribution is 5.89. The lowest BCUT2D eigenvalue weighted by molar-refractivity contribution is -0.133. The van der Waals surface area contributed by atoms with Crippen molar-refractivity contribution in [1.82, 2.24) is 49.5 Å². The third-order valence-corrected chi connectivity index (χ3v) is 20.0. The molecule has 3 aromatic heterocycles. The maximum Gasteiger partial charge on any atom is 0.410 e. The number of carbonyl (C=O) groups is 2. The maximum absolute atomic E-state index is 12.3. The fraction of sp³-hybridized carbons (Fsp3) is 0.436. The molecule has 0 radical (unpaired) electrons. The number of rotatable bonds is 13. The molecule has 1 aliphatic carbocycles. The van der Waals surface area contributed by atoms with Gasteiger partial charge in [0.1, 0.15) is 5.60 Å². The maximum atomic E-state index is 12.3. The number of carbonyl (C=O) groups excluding carboxylic acids is 2. The average Bonchev–Trinajstić information content (AvgIpc) is 1.49. The summed E-state index contributed by atoms with van der Waals surface area (Å²) in [7, 11) is 2.33. The van der Waals surface area contributed by atoms with Gasteiger partial charge in [0.2, 0.25) is 23.8 Å². The van der Waals surface area contributed by atoms with Crippen LogP contribution in [0.2, 0.25) is 0 Å². The van der Waals surface area contributed by atoms with E-state index in [1.807, 2.05) is 62.5 Å². The Morgan fingerprint density at radius 2 is 0.915 bits per heavy atom. The van der Waals surface area contributed by atoms with Gasteiger partial charge < -0.3 is 34.1 Å². The quantitative estimate of drug-likeness (QED) is 0.108. The number of amides is 2. The van der Waals surface area contributed by atoms with Gasteiger partial charge in [-0.3, -0.25) is 9.69 Å². The van der Waals surface area contributed by atoms with Crippen LogP contribution >= 0.6 is 0 Å². The zero-order valence-electron chi connectivity index (χ0n) is 55.6. The summed E-state index contributed by atoms with van der Waals surface area (Å²) in [5.41, 5.74) is 5.86. The summed E-state index contributed by atoms with van der Waals surface area (Å²) < 4.78 is 5.52. The first-order chi connectivity index (χ1) is 45.9. The van der Waals surface area contributed by atoms with Gasteiger partial charge in [-0.15, -0.1) is 0 Å². The summed E-state index contributed by atoms with van der Waals surface area (Å²) >= 11 is 0. The number of piperazine rings is 1. The number of nitrogens with zero attached hydrogens (tertiary/aromatic N) is 13. The molecule has 16 heteroatoms. The first-order valence-corrected chi connectivity index (χ1v) is 34.8. The Balaban J connectivity index is 0.000000129. The molecular weight excluding hydrogens is 1170 g/mol. The van der Waals surface area contributed by atoms with E-state index in [1.165, 1.54) is 77.4 Å². The standard InChI is InChI=1S/C28H35N5O2.C26H32N4.C24H26N4O/c1-28(2,3)35-27(34)32-16-14-31(15-17-32)19-21-11-13-33(20-21)26-29-12-10-25(30-26)24-9-8-22-6-4-5-7-23(22)18-24;1-29(24-9-3-2-4-10-24)18-20-14-16-30(19-20)26-27-15-13-25(28-26)23-12-11-21-7-5-6-8-22(21)17-23;29-23-7-3-4-13-27(23)16-18-11-14-28(17-18)24-25-12-10-22(26-24)21-9-8-19-5-1-2-6-20(19)15-21/h4-10,12,18,21H,11,13-17,19-20H2,1-3H3;5-8,11-13,15,17,20,24H,2-4,9-10,14,16,18-19H2,1H3;1-2,5-6,8-10,12,15,18H,3-4,7,11,13-14,16-17H2/t21-;20-;18-/m111/s1. The number of hydrogen-bond donors (Lipinski definition) is 0. The van der Waals surface area contributed by atoms with Gasteiger partial charge in [0.15, 0.2) is 0 Å². The Labute approximate surface area is 555 Å². The van der Waals surface area contributed by atoms with E-state index in [9.17, 15) is 9.59 Å². The number of likely N-dealkylation sites (tertiary alicyclic amines) is 1. The molecule has 0 spiro atoms. The smallest absolute Gasteiger partial charge is 0.410 e. The lowest BCUT2D eigenvalue weighted by Crippen LogP contribution is -2.51. The Kier molecular flexibility index (Phi) is 20.3. The fourth-order valence-corrected chi connectivity index (χ4v) is 14.8. The molecule has 6 aromatic carbocycles. The van der Waals surface area contributed by atoms with Crippen molar-refractivity contribution >= 4 is 62.2 Å². The van der Waals surface area contributed by atoms with Crippen molar-refractivity contribution in [3.63, 3.8) is 0 Å². The van der Waals surface area contributed by atoms with Crippen LogP contribution in [-0.4, -0.2) is 172 Å². The van der Waals surface area contributed by atoms with Crippen LogP contribution in [0.1, 0.15) is 91.4 Å². The van der Waals surface area contributed by atoms with Crippen molar-refractivity contribution in [3.8, 4) is 33.8 Å². The monoisotopic (exact) mass is 1260 g/mol. The molecule has 6 aliphatic rings. The highest BCUT2D eigenvalue weighted by atomic mass is 16.6. The normalized spacial score (nSPS) is 19.8. The zero-order chi connectivity index (χ0) is 64.4. The van der Waals surface area contributed by atoms with Crippen LogP contribution in [0.25, 0.3) is 66.1 Å². The predicted molar refractivity (Wildman–Crippen MR) is 380 cm³/mol. The van der Waals surface area contributed by atoms with Gasteiger partial charge in [-0.05, 0) is 159 Å². The van der Waals surface area contributed by atoms with Crippen LogP contribution in [-0.2, 0) is 9.53 Å². The molecule has 0 unspecified atom stereocenters. The summed E-state index contributed by atoms with van der Waals surface area (Å²) in [6.07, 6.45) is 18.8. The fourth-order valence-electron chi connectivity index (χ4n) is 14.8. The first-order valence-electron chi connectivity index (χ1n) is 34.8. The van der Waals surface area contributed by atoms with Gasteiger partial charge in [0.05, 0.1) is 17.1 Å². The topological polar surface area (TPSA) is 143 Å². The summed E-state index contributed by atoms with van der Waals surface area (Å²) in [4.78, 5) is 68.8. The number of benzene rings is 6. The molecular formula is C78H93N13O3. The van der Waals surface area contributed by atoms with E-state index in [0.29, 0.717) is 30.1 Å². The highest BCUT2D eigenvalue weighted by Gasteiger charge is 2.33. The van der Waals surface area contributed by atoms with Crippen molar-refractivity contribution in [2.45, 2.75) is 103 Å². The van der Waals surface area contributed by atoms with E-state index in [2.05, 4.69) is 179 Å². The lowest BCUT2D eigenvalue weighted by atomic mass is 9.94. The number of fused-ring (bicyclic) bond motifs is 3. The molecule has 16 nitrogen and oxygen atoms in total. The second kappa shape index (κ2) is 29.8. The van der Waals surface area contributed by atoms with Crippen LogP contribution in [0, 0.1) is 17.8 Å². The van der Waals surface area contributed by atoms with Crippen molar-refractivity contribution < 1.29 is 14.3 Å². The minimum atomic E-state index is -0.449. The number of ether oxygens (including phenoxy) is 1. The third-order valence-electron chi connectivity index (χ3n) is 20.0. The molecule has 8 heterocycles. The molecule has 488 valence electrons. The van der Waals surface area contributed by atoms with Gasteiger partial charge in [-0.2, -0.15) is 0 Å². The van der Waals surface area contributed by atoms with Crippen molar-refractivity contribution in [1.29, 1.82) is 0 Å². The van der Waals surface area contributed by atoms with Crippen molar-refractivity contribution in [2.75, 3.05) is 113 Å². The Morgan fingerprint density at radius 3 is 1.37 bits per heavy atom. The van der Waals surface area contributed by atoms with Gasteiger partial charge in [0.25, 0.3) is 0 Å². The molecule has 5 aliphatic heterocycles. The number of anilines is 3. The Hall–Kier alpha value is -8.60. The number of hydrogen-bond acceptors (Lipinski definition) is 14. The average molecular weight is 1260 g/mol. The van der Waals surface area contributed by atoms with E-state index < -0.39 is 5.60 Å². The molecule has 1 saturated carbocycles. The van der Waals surface area contributed by atoms with Crippen molar-refractivity contribution in [2.24, 2.45) is 17.8 Å². The molecule has 94 heavy (non-hydrogen) atoms. The second-order valence-corrected chi connectivity index (χ2v) is 28.0. The minimum Gasteiger partial charge on any atom is -0.444 e.